The third-order valence-electron chi connectivity index (χ3n) is 1.25. The molecule has 0 N–H and O–H groups in total. The average Bonchev–Trinajstić information content (AvgIpc) is 2.04. The molecule has 0 aliphatic rings. The van der Waals surface area contributed by atoms with Gasteiger partial charge in [-0.3, -0.25) is 0 Å². The molecule has 11 heavy (non-hydrogen) atoms. The average molecular weight is 148 g/mol. The Bertz CT molecular complexity index is 287. The molecule has 1 aromatic rings. The Kier molecular flexibility index (Phi) is 2.02. The Balaban J connectivity index is 3.15. The van der Waals surface area contributed by atoms with E-state index in [2.05, 4.69) is 10.2 Å². The van der Waals surface area contributed by atoms with Crippen molar-refractivity contribution in [1.82, 2.24) is 10.2 Å². The summed E-state index contributed by atoms with van der Waals surface area (Å²) in [6.07, 6.45) is 1.51. The van der Waals surface area contributed by atoms with Crippen LogP contribution in [0, 0.1) is 11.3 Å². The van der Waals surface area contributed by atoms with Crippen molar-refractivity contribution in [3.05, 3.63) is 17.8 Å². The second-order valence-electron chi connectivity index (χ2n) is 2.27. The zero-order chi connectivity index (χ0) is 8.27. The Labute approximate surface area is 65.1 Å². The molecule has 1 rings (SSSR count). The summed E-state index contributed by atoms with van der Waals surface area (Å²) < 4.78 is 0. The standard InChI is InChI=1S/C7H8N4/c1-11(2)7-6(5-8)3-4-9-10-7/h3-4H,1-2H3. The zero-order valence-corrected chi connectivity index (χ0v) is 6.44. The van der Waals surface area contributed by atoms with Crippen molar-refractivity contribution in [1.29, 1.82) is 5.26 Å². The topological polar surface area (TPSA) is 52.8 Å². The minimum atomic E-state index is 0.546. The Hall–Kier alpha value is -1.63. The highest BCUT2D eigenvalue weighted by Crippen LogP contribution is 2.10. The lowest BCUT2D eigenvalue weighted by molar-refractivity contribution is 0.958. The molecule has 1 heterocycles. The van der Waals surface area contributed by atoms with Gasteiger partial charge in [-0.15, -0.1) is 5.10 Å². The van der Waals surface area contributed by atoms with Gasteiger partial charge >= 0.3 is 0 Å². The molecule has 0 radical (unpaired) electrons. The minimum Gasteiger partial charge on any atom is -0.360 e. The second-order valence-corrected chi connectivity index (χ2v) is 2.27. The molecule has 0 aromatic carbocycles. The second kappa shape index (κ2) is 2.97. The normalized spacial score (nSPS) is 8.82. The zero-order valence-electron chi connectivity index (χ0n) is 6.44. The van der Waals surface area contributed by atoms with Crippen molar-refractivity contribution in [3.8, 4) is 6.07 Å². The lowest BCUT2D eigenvalue weighted by atomic mass is 10.3. The quantitative estimate of drug-likeness (QED) is 0.579. The maximum absolute atomic E-state index is 8.62. The van der Waals surface area contributed by atoms with Gasteiger partial charge in [-0.05, 0) is 6.07 Å². The monoisotopic (exact) mass is 148 g/mol. The largest absolute Gasteiger partial charge is 0.360 e. The van der Waals surface area contributed by atoms with Gasteiger partial charge in [0.15, 0.2) is 5.82 Å². The number of anilines is 1. The molecule has 4 nitrogen and oxygen atoms in total. The molecule has 0 unspecified atom stereocenters. The van der Waals surface area contributed by atoms with E-state index in [0.29, 0.717) is 11.4 Å². The SMILES string of the molecule is CN(C)c1nnccc1C#N. The van der Waals surface area contributed by atoms with Crippen LogP contribution in [0.4, 0.5) is 5.82 Å². The lowest BCUT2D eigenvalue weighted by Crippen LogP contribution is -2.12. The molecule has 0 bridgehead atoms. The molecule has 0 saturated heterocycles. The van der Waals surface area contributed by atoms with E-state index in [9.17, 15) is 0 Å². The van der Waals surface area contributed by atoms with Crippen LogP contribution in [0.3, 0.4) is 0 Å². The fraction of sp³-hybridized carbons (Fsp3) is 0.286. The van der Waals surface area contributed by atoms with Gasteiger partial charge in [-0.25, -0.2) is 0 Å². The van der Waals surface area contributed by atoms with E-state index in [1.54, 1.807) is 11.0 Å². The van der Waals surface area contributed by atoms with E-state index in [0.717, 1.165) is 0 Å². The highest BCUT2D eigenvalue weighted by atomic mass is 15.2. The fourth-order valence-corrected chi connectivity index (χ4v) is 0.742. The van der Waals surface area contributed by atoms with Gasteiger partial charge in [0.25, 0.3) is 0 Å². The summed E-state index contributed by atoms with van der Waals surface area (Å²) in [5, 5.41) is 16.1. The van der Waals surface area contributed by atoms with Gasteiger partial charge in [0, 0.05) is 14.1 Å². The molecule has 0 aliphatic heterocycles. The van der Waals surface area contributed by atoms with Crippen LogP contribution in [0.1, 0.15) is 5.56 Å². The lowest BCUT2D eigenvalue weighted by Gasteiger charge is -2.10. The van der Waals surface area contributed by atoms with Crippen LogP contribution in [0.15, 0.2) is 12.3 Å². The number of hydrogen-bond acceptors (Lipinski definition) is 4. The number of hydrogen-bond donors (Lipinski definition) is 0. The van der Waals surface area contributed by atoms with Crippen molar-refractivity contribution in [3.63, 3.8) is 0 Å². The first-order chi connectivity index (χ1) is 5.25. The summed E-state index contributed by atoms with van der Waals surface area (Å²) >= 11 is 0. The van der Waals surface area contributed by atoms with E-state index in [4.69, 9.17) is 5.26 Å². The van der Waals surface area contributed by atoms with Crippen LogP contribution in [0.25, 0.3) is 0 Å². The third kappa shape index (κ3) is 1.44. The summed E-state index contributed by atoms with van der Waals surface area (Å²) in [5.74, 6) is 0.606. The smallest absolute Gasteiger partial charge is 0.168 e. The number of nitrogens with zero attached hydrogens (tertiary/aromatic N) is 4. The van der Waals surface area contributed by atoms with Crippen LogP contribution in [-0.4, -0.2) is 24.3 Å². The predicted octanol–water partition coefficient (Wildman–Crippen LogP) is 0.414. The maximum atomic E-state index is 8.62. The molecular formula is C7H8N4. The Morgan fingerprint density at radius 3 is 2.73 bits per heavy atom. The van der Waals surface area contributed by atoms with E-state index >= 15 is 0 Å². The molecule has 4 heteroatoms. The minimum absolute atomic E-state index is 0.546. The van der Waals surface area contributed by atoms with E-state index < -0.39 is 0 Å². The highest BCUT2D eigenvalue weighted by molar-refractivity contribution is 5.51. The van der Waals surface area contributed by atoms with Gasteiger partial charge in [0.05, 0.1) is 11.8 Å². The number of aromatic nitrogens is 2. The summed E-state index contributed by atoms with van der Waals surface area (Å²) in [6.45, 7) is 0. The van der Waals surface area contributed by atoms with E-state index in [1.807, 2.05) is 20.2 Å². The third-order valence-corrected chi connectivity index (χ3v) is 1.25. The van der Waals surface area contributed by atoms with Crippen molar-refractivity contribution in [2.24, 2.45) is 0 Å². The van der Waals surface area contributed by atoms with E-state index in [1.165, 1.54) is 6.20 Å². The van der Waals surface area contributed by atoms with Gasteiger partial charge in [-0.1, -0.05) is 0 Å². The molecule has 0 spiro atoms. The van der Waals surface area contributed by atoms with Crippen LogP contribution in [0.2, 0.25) is 0 Å². The molecule has 0 fully saturated rings. The van der Waals surface area contributed by atoms with Crippen LogP contribution in [0.5, 0.6) is 0 Å². The van der Waals surface area contributed by atoms with Gasteiger partial charge in [0.2, 0.25) is 0 Å². The summed E-state index contributed by atoms with van der Waals surface area (Å²) in [5.41, 5.74) is 0.546. The van der Waals surface area contributed by atoms with Crippen LogP contribution < -0.4 is 4.90 Å². The van der Waals surface area contributed by atoms with Gasteiger partial charge < -0.3 is 4.90 Å². The highest BCUT2D eigenvalue weighted by Gasteiger charge is 2.03. The van der Waals surface area contributed by atoms with Crippen molar-refractivity contribution in [2.75, 3.05) is 19.0 Å². The molecule has 56 valence electrons. The van der Waals surface area contributed by atoms with Crippen molar-refractivity contribution in [2.45, 2.75) is 0 Å². The van der Waals surface area contributed by atoms with Crippen molar-refractivity contribution >= 4 is 5.82 Å². The first-order valence-electron chi connectivity index (χ1n) is 3.15. The van der Waals surface area contributed by atoms with Gasteiger partial charge in [-0.2, -0.15) is 10.4 Å². The first kappa shape index (κ1) is 7.48. The Morgan fingerprint density at radius 2 is 2.27 bits per heavy atom. The predicted molar refractivity (Wildman–Crippen MR) is 41.1 cm³/mol. The van der Waals surface area contributed by atoms with Crippen LogP contribution >= 0.6 is 0 Å². The van der Waals surface area contributed by atoms with Crippen molar-refractivity contribution < 1.29 is 0 Å². The first-order valence-corrected chi connectivity index (χ1v) is 3.15. The molecule has 0 amide bonds. The summed E-state index contributed by atoms with van der Waals surface area (Å²) in [7, 11) is 3.65. The maximum Gasteiger partial charge on any atom is 0.168 e. The number of rotatable bonds is 1. The van der Waals surface area contributed by atoms with E-state index in [-0.39, 0.29) is 0 Å². The summed E-state index contributed by atoms with van der Waals surface area (Å²) in [6, 6.07) is 3.67. The Morgan fingerprint density at radius 1 is 1.55 bits per heavy atom. The fourth-order valence-electron chi connectivity index (χ4n) is 0.742. The number of nitriles is 1. The molecule has 0 aliphatic carbocycles. The van der Waals surface area contributed by atoms with Crippen LogP contribution in [-0.2, 0) is 0 Å². The molecule has 0 saturated carbocycles. The summed E-state index contributed by atoms with van der Waals surface area (Å²) in [4.78, 5) is 1.76. The molecule has 0 atom stereocenters. The van der Waals surface area contributed by atoms with Gasteiger partial charge in [0.1, 0.15) is 6.07 Å². The molecular weight excluding hydrogens is 140 g/mol. The molecule has 1 aromatic heterocycles.